The minimum absolute atomic E-state index is 0.0890. The fourth-order valence-corrected chi connectivity index (χ4v) is 2.91. The molecule has 0 atom stereocenters. The van der Waals surface area contributed by atoms with Crippen molar-refractivity contribution in [1.29, 1.82) is 0 Å². The zero-order valence-electron chi connectivity index (χ0n) is 12.3. The second kappa shape index (κ2) is 6.39. The molecule has 1 heterocycles. The molecule has 21 heavy (non-hydrogen) atoms. The van der Waals surface area contributed by atoms with E-state index < -0.39 is 0 Å². The van der Waals surface area contributed by atoms with E-state index in [9.17, 15) is 0 Å². The first-order valence-electron chi connectivity index (χ1n) is 7.56. The van der Waals surface area contributed by atoms with Crippen LogP contribution in [-0.2, 0) is 13.1 Å². The molecule has 0 unspecified atom stereocenters. The first-order chi connectivity index (χ1) is 10.3. The molecule has 1 fully saturated rings. The largest absolute Gasteiger partial charge is 0.329 e. The molecule has 0 bridgehead atoms. The van der Waals surface area contributed by atoms with Crippen molar-refractivity contribution in [2.45, 2.75) is 18.6 Å². The van der Waals surface area contributed by atoms with Crippen molar-refractivity contribution in [3.05, 3.63) is 71.8 Å². The molecule has 3 rings (SSSR count). The van der Waals surface area contributed by atoms with Crippen molar-refractivity contribution in [2.24, 2.45) is 5.73 Å². The van der Waals surface area contributed by atoms with E-state index in [4.69, 9.17) is 5.73 Å². The van der Waals surface area contributed by atoms with Gasteiger partial charge in [-0.25, -0.2) is 0 Å². The number of nitrogens with one attached hydrogen (secondary N) is 1. The van der Waals surface area contributed by atoms with Crippen molar-refractivity contribution in [3.63, 3.8) is 0 Å². The van der Waals surface area contributed by atoms with Gasteiger partial charge >= 0.3 is 0 Å². The van der Waals surface area contributed by atoms with Gasteiger partial charge in [-0.3, -0.25) is 4.90 Å². The maximum Gasteiger partial charge on any atom is 0.0587 e. The third kappa shape index (κ3) is 3.16. The van der Waals surface area contributed by atoms with E-state index in [1.54, 1.807) is 0 Å². The molecule has 1 saturated heterocycles. The summed E-state index contributed by atoms with van der Waals surface area (Å²) in [7, 11) is 0. The number of nitrogens with two attached hydrogens (primary N) is 1. The molecular formula is C18H23N3. The average molecular weight is 281 g/mol. The summed E-state index contributed by atoms with van der Waals surface area (Å²) >= 11 is 0. The number of hydrogen-bond donors (Lipinski definition) is 2. The smallest absolute Gasteiger partial charge is 0.0587 e. The van der Waals surface area contributed by atoms with Gasteiger partial charge in [0.1, 0.15) is 0 Å². The van der Waals surface area contributed by atoms with Gasteiger partial charge < -0.3 is 11.1 Å². The maximum atomic E-state index is 6.10. The van der Waals surface area contributed by atoms with Crippen LogP contribution in [-0.4, -0.2) is 30.1 Å². The highest BCUT2D eigenvalue weighted by Crippen LogP contribution is 2.24. The van der Waals surface area contributed by atoms with Gasteiger partial charge in [0.15, 0.2) is 0 Å². The lowest BCUT2D eigenvalue weighted by Crippen LogP contribution is -2.71. The fourth-order valence-electron chi connectivity index (χ4n) is 2.91. The van der Waals surface area contributed by atoms with E-state index in [1.807, 2.05) is 0 Å². The molecule has 0 amide bonds. The van der Waals surface area contributed by atoms with E-state index in [2.05, 4.69) is 70.9 Å². The van der Waals surface area contributed by atoms with Gasteiger partial charge in [0.25, 0.3) is 0 Å². The molecule has 1 aliphatic heterocycles. The van der Waals surface area contributed by atoms with E-state index >= 15 is 0 Å². The Morgan fingerprint density at radius 1 is 0.857 bits per heavy atom. The summed E-state index contributed by atoms with van der Waals surface area (Å²) in [6.45, 7) is 4.52. The standard InChI is InChI=1S/C18H23N3/c19-13-18(14-20-15-18)21(11-16-7-3-1-4-8-16)12-17-9-5-2-6-10-17/h1-10,20H,11-15,19H2. The third-order valence-electron chi connectivity index (χ3n) is 4.39. The van der Waals surface area contributed by atoms with Crippen molar-refractivity contribution >= 4 is 0 Å². The van der Waals surface area contributed by atoms with Gasteiger partial charge in [-0.15, -0.1) is 0 Å². The van der Waals surface area contributed by atoms with E-state index in [0.717, 1.165) is 26.2 Å². The Labute approximate surface area is 126 Å². The van der Waals surface area contributed by atoms with Crippen molar-refractivity contribution in [2.75, 3.05) is 19.6 Å². The summed E-state index contributed by atoms with van der Waals surface area (Å²) in [4.78, 5) is 2.52. The van der Waals surface area contributed by atoms with Crippen molar-refractivity contribution in [1.82, 2.24) is 10.2 Å². The van der Waals surface area contributed by atoms with Crippen LogP contribution in [0, 0.1) is 0 Å². The topological polar surface area (TPSA) is 41.3 Å². The predicted molar refractivity (Wildman–Crippen MR) is 86.8 cm³/mol. The van der Waals surface area contributed by atoms with Crippen LogP contribution in [0.1, 0.15) is 11.1 Å². The van der Waals surface area contributed by atoms with Gasteiger partial charge in [-0.05, 0) is 11.1 Å². The van der Waals surface area contributed by atoms with Gasteiger partial charge in [-0.1, -0.05) is 60.7 Å². The lowest BCUT2D eigenvalue weighted by molar-refractivity contribution is 0.0300. The van der Waals surface area contributed by atoms with E-state index in [0.29, 0.717) is 6.54 Å². The van der Waals surface area contributed by atoms with Gasteiger partial charge in [-0.2, -0.15) is 0 Å². The molecule has 3 N–H and O–H groups in total. The van der Waals surface area contributed by atoms with Crippen molar-refractivity contribution < 1.29 is 0 Å². The molecule has 110 valence electrons. The minimum Gasteiger partial charge on any atom is -0.329 e. The van der Waals surface area contributed by atoms with Gasteiger partial charge in [0.2, 0.25) is 0 Å². The summed E-state index contributed by atoms with van der Waals surface area (Å²) < 4.78 is 0. The highest BCUT2D eigenvalue weighted by Gasteiger charge is 2.41. The summed E-state index contributed by atoms with van der Waals surface area (Å²) in [5.74, 6) is 0. The SMILES string of the molecule is NCC1(N(Cc2ccccc2)Cc2ccccc2)CNC1. The van der Waals surface area contributed by atoms with E-state index in [-0.39, 0.29) is 5.54 Å². The average Bonchev–Trinajstić information content (AvgIpc) is 2.49. The minimum atomic E-state index is 0.0890. The summed E-state index contributed by atoms with van der Waals surface area (Å²) in [6.07, 6.45) is 0. The monoisotopic (exact) mass is 281 g/mol. The van der Waals surface area contributed by atoms with Crippen LogP contribution < -0.4 is 11.1 Å². The zero-order valence-corrected chi connectivity index (χ0v) is 12.3. The normalized spacial score (nSPS) is 16.7. The Kier molecular flexibility index (Phi) is 4.34. The lowest BCUT2D eigenvalue weighted by Gasteiger charge is -2.50. The van der Waals surface area contributed by atoms with E-state index in [1.165, 1.54) is 11.1 Å². The number of nitrogens with zero attached hydrogens (tertiary/aromatic N) is 1. The zero-order chi connectivity index (χ0) is 14.5. The maximum absolute atomic E-state index is 6.10. The van der Waals surface area contributed by atoms with Crippen LogP contribution in [0.15, 0.2) is 60.7 Å². The highest BCUT2D eigenvalue weighted by molar-refractivity contribution is 5.19. The first kappa shape index (κ1) is 14.3. The van der Waals surface area contributed by atoms with Crippen LogP contribution in [0.4, 0.5) is 0 Å². The third-order valence-corrected chi connectivity index (χ3v) is 4.39. The second-order valence-corrected chi connectivity index (χ2v) is 5.86. The molecule has 2 aromatic rings. The molecule has 1 aliphatic rings. The molecule has 3 heteroatoms. The Morgan fingerprint density at radius 3 is 1.67 bits per heavy atom. The van der Waals surface area contributed by atoms with Crippen LogP contribution in [0.2, 0.25) is 0 Å². The summed E-state index contributed by atoms with van der Waals surface area (Å²) in [6, 6.07) is 21.3. The van der Waals surface area contributed by atoms with Gasteiger partial charge in [0.05, 0.1) is 5.54 Å². The van der Waals surface area contributed by atoms with Crippen LogP contribution in [0.3, 0.4) is 0 Å². The van der Waals surface area contributed by atoms with Crippen LogP contribution in [0.5, 0.6) is 0 Å². The summed E-state index contributed by atoms with van der Waals surface area (Å²) in [5.41, 5.74) is 8.87. The van der Waals surface area contributed by atoms with Crippen molar-refractivity contribution in [3.8, 4) is 0 Å². The predicted octanol–water partition coefficient (Wildman–Crippen LogP) is 1.99. The molecule has 0 aliphatic carbocycles. The Bertz CT molecular complexity index is 502. The number of hydrogen-bond acceptors (Lipinski definition) is 3. The molecule has 0 aromatic heterocycles. The fraction of sp³-hybridized carbons (Fsp3) is 0.333. The Hall–Kier alpha value is -1.68. The highest BCUT2D eigenvalue weighted by atomic mass is 15.3. The molecule has 0 spiro atoms. The molecule has 0 saturated carbocycles. The second-order valence-electron chi connectivity index (χ2n) is 5.86. The van der Waals surface area contributed by atoms with Crippen LogP contribution in [0.25, 0.3) is 0 Å². The molecular weight excluding hydrogens is 258 g/mol. The van der Waals surface area contributed by atoms with Gasteiger partial charge in [0, 0.05) is 32.7 Å². The molecule has 3 nitrogen and oxygen atoms in total. The quantitative estimate of drug-likeness (QED) is 0.851. The Balaban J connectivity index is 1.81. The summed E-state index contributed by atoms with van der Waals surface area (Å²) in [5, 5.41) is 3.38. The molecule has 0 radical (unpaired) electrons. The first-order valence-corrected chi connectivity index (χ1v) is 7.56. The lowest BCUT2D eigenvalue weighted by atomic mass is 9.89. The van der Waals surface area contributed by atoms with Crippen LogP contribution >= 0.6 is 0 Å². The molecule has 2 aromatic carbocycles. The Morgan fingerprint density at radius 2 is 1.33 bits per heavy atom. The number of benzene rings is 2. The number of rotatable bonds is 6.